The van der Waals surface area contributed by atoms with Gasteiger partial charge < -0.3 is 10.8 Å². The van der Waals surface area contributed by atoms with Gasteiger partial charge in [0.25, 0.3) is 0 Å². The van der Waals surface area contributed by atoms with Crippen LogP contribution in [-0.2, 0) is 4.79 Å². The standard InChI is InChI=1S/C9H17NO2/c1-6(9(11)12)7-4-2-3-5-8(7)10/h6-8H,2-5,10H2,1H3,(H,11,12)/t6?,7-,8+/m0/s1. The van der Waals surface area contributed by atoms with Crippen LogP contribution in [0.2, 0.25) is 0 Å². The van der Waals surface area contributed by atoms with E-state index < -0.39 is 5.97 Å². The summed E-state index contributed by atoms with van der Waals surface area (Å²) in [7, 11) is 0. The Labute approximate surface area is 72.9 Å². The van der Waals surface area contributed by atoms with E-state index in [1.54, 1.807) is 6.92 Å². The van der Waals surface area contributed by atoms with Crippen molar-refractivity contribution in [3.8, 4) is 0 Å². The first-order valence-electron chi connectivity index (χ1n) is 4.61. The lowest BCUT2D eigenvalue weighted by atomic mass is 9.77. The summed E-state index contributed by atoms with van der Waals surface area (Å²) in [4.78, 5) is 10.7. The molecule has 1 rings (SSSR count). The maximum Gasteiger partial charge on any atom is 0.306 e. The first-order chi connectivity index (χ1) is 5.63. The average Bonchev–Trinajstić information content (AvgIpc) is 2.04. The van der Waals surface area contributed by atoms with Gasteiger partial charge in [0, 0.05) is 6.04 Å². The Kier molecular flexibility index (Phi) is 3.09. The van der Waals surface area contributed by atoms with Gasteiger partial charge in [0.2, 0.25) is 0 Å². The van der Waals surface area contributed by atoms with Crippen LogP contribution in [0.15, 0.2) is 0 Å². The van der Waals surface area contributed by atoms with E-state index in [1.165, 1.54) is 0 Å². The van der Waals surface area contributed by atoms with E-state index in [-0.39, 0.29) is 17.9 Å². The number of nitrogens with two attached hydrogens (primary N) is 1. The second kappa shape index (κ2) is 3.90. The molecule has 3 N–H and O–H groups in total. The largest absolute Gasteiger partial charge is 0.481 e. The van der Waals surface area contributed by atoms with Crippen molar-refractivity contribution in [1.82, 2.24) is 0 Å². The van der Waals surface area contributed by atoms with Crippen molar-refractivity contribution in [2.75, 3.05) is 0 Å². The lowest BCUT2D eigenvalue weighted by molar-refractivity contribution is -0.143. The maximum absolute atomic E-state index is 10.7. The van der Waals surface area contributed by atoms with Crippen LogP contribution in [-0.4, -0.2) is 17.1 Å². The maximum atomic E-state index is 10.7. The van der Waals surface area contributed by atoms with E-state index in [0.29, 0.717) is 0 Å². The zero-order chi connectivity index (χ0) is 9.14. The lowest BCUT2D eigenvalue weighted by Crippen LogP contribution is -2.39. The van der Waals surface area contributed by atoms with Gasteiger partial charge in [-0.05, 0) is 18.8 Å². The van der Waals surface area contributed by atoms with Gasteiger partial charge in [0.05, 0.1) is 5.92 Å². The van der Waals surface area contributed by atoms with Crippen molar-refractivity contribution in [2.45, 2.75) is 38.6 Å². The molecule has 70 valence electrons. The molecule has 1 aliphatic carbocycles. The number of rotatable bonds is 2. The molecule has 3 atom stereocenters. The van der Waals surface area contributed by atoms with Gasteiger partial charge in [-0.1, -0.05) is 19.8 Å². The molecule has 0 heterocycles. The third-order valence-corrected chi connectivity index (χ3v) is 2.91. The Bertz CT molecular complexity index is 170. The molecule has 0 aliphatic heterocycles. The fourth-order valence-electron chi connectivity index (χ4n) is 1.99. The molecule has 1 saturated carbocycles. The Morgan fingerprint density at radius 1 is 1.50 bits per heavy atom. The normalized spacial score (nSPS) is 32.8. The summed E-state index contributed by atoms with van der Waals surface area (Å²) < 4.78 is 0. The van der Waals surface area contributed by atoms with Crippen molar-refractivity contribution >= 4 is 5.97 Å². The average molecular weight is 171 g/mol. The number of carboxylic acid groups (broad SMARTS) is 1. The van der Waals surface area contributed by atoms with Crippen LogP contribution in [0.25, 0.3) is 0 Å². The van der Waals surface area contributed by atoms with Gasteiger partial charge in [-0.2, -0.15) is 0 Å². The smallest absolute Gasteiger partial charge is 0.306 e. The fourth-order valence-corrected chi connectivity index (χ4v) is 1.99. The molecule has 0 amide bonds. The topological polar surface area (TPSA) is 63.3 Å². The van der Waals surface area contributed by atoms with Crippen LogP contribution in [0.1, 0.15) is 32.6 Å². The molecule has 0 aromatic carbocycles. The molecule has 0 radical (unpaired) electrons. The minimum absolute atomic E-state index is 0.102. The summed E-state index contributed by atoms with van der Waals surface area (Å²) >= 11 is 0. The van der Waals surface area contributed by atoms with Crippen molar-refractivity contribution in [1.29, 1.82) is 0 Å². The fraction of sp³-hybridized carbons (Fsp3) is 0.889. The van der Waals surface area contributed by atoms with Crippen molar-refractivity contribution in [3.05, 3.63) is 0 Å². The van der Waals surface area contributed by atoms with Crippen LogP contribution in [0, 0.1) is 11.8 Å². The van der Waals surface area contributed by atoms with Gasteiger partial charge in [0.15, 0.2) is 0 Å². The van der Waals surface area contributed by atoms with Gasteiger partial charge in [-0.15, -0.1) is 0 Å². The highest BCUT2D eigenvalue weighted by atomic mass is 16.4. The summed E-state index contributed by atoms with van der Waals surface area (Å²) in [5, 5.41) is 8.80. The van der Waals surface area contributed by atoms with Gasteiger partial charge in [-0.25, -0.2) is 0 Å². The van der Waals surface area contributed by atoms with E-state index in [1.807, 2.05) is 0 Å². The molecule has 3 nitrogen and oxygen atoms in total. The Balaban J connectivity index is 2.53. The highest BCUT2D eigenvalue weighted by Gasteiger charge is 2.30. The van der Waals surface area contributed by atoms with Crippen molar-refractivity contribution < 1.29 is 9.90 Å². The molecular formula is C9H17NO2. The highest BCUT2D eigenvalue weighted by molar-refractivity contribution is 5.70. The molecule has 0 saturated heterocycles. The van der Waals surface area contributed by atoms with Gasteiger partial charge in [-0.3, -0.25) is 4.79 Å². The van der Waals surface area contributed by atoms with E-state index in [0.717, 1.165) is 25.7 Å². The molecule has 0 aromatic rings. The first-order valence-corrected chi connectivity index (χ1v) is 4.61. The van der Waals surface area contributed by atoms with E-state index in [4.69, 9.17) is 10.8 Å². The number of hydrogen-bond acceptors (Lipinski definition) is 2. The Morgan fingerprint density at radius 3 is 2.58 bits per heavy atom. The quantitative estimate of drug-likeness (QED) is 0.656. The van der Waals surface area contributed by atoms with Crippen LogP contribution < -0.4 is 5.73 Å². The molecular weight excluding hydrogens is 154 g/mol. The SMILES string of the molecule is CC(C(=O)O)[C@@H]1CCCC[C@H]1N. The van der Waals surface area contributed by atoms with E-state index in [2.05, 4.69) is 0 Å². The predicted octanol–water partition coefficient (Wildman–Crippen LogP) is 1.22. The monoisotopic (exact) mass is 171 g/mol. The number of aliphatic carboxylic acids is 1. The molecule has 3 heteroatoms. The minimum Gasteiger partial charge on any atom is -0.481 e. The molecule has 1 aliphatic rings. The van der Waals surface area contributed by atoms with Crippen LogP contribution in [0.4, 0.5) is 0 Å². The molecule has 0 aromatic heterocycles. The van der Waals surface area contributed by atoms with Crippen LogP contribution >= 0.6 is 0 Å². The summed E-state index contributed by atoms with van der Waals surface area (Å²) in [5.41, 5.74) is 5.85. The third kappa shape index (κ3) is 1.97. The molecule has 1 fully saturated rings. The number of hydrogen-bond donors (Lipinski definition) is 2. The zero-order valence-electron chi connectivity index (χ0n) is 7.49. The second-order valence-electron chi connectivity index (χ2n) is 3.74. The molecule has 0 spiro atoms. The highest BCUT2D eigenvalue weighted by Crippen LogP contribution is 2.29. The Hall–Kier alpha value is -0.570. The lowest BCUT2D eigenvalue weighted by Gasteiger charge is -2.31. The van der Waals surface area contributed by atoms with Crippen LogP contribution in [0.3, 0.4) is 0 Å². The zero-order valence-corrected chi connectivity index (χ0v) is 7.49. The number of carbonyl (C=O) groups is 1. The van der Waals surface area contributed by atoms with Crippen molar-refractivity contribution in [2.24, 2.45) is 17.6 Å². The second-order valence-corrected chi connectivity index (χ2v) is 3.74. The molecule has 12 heavy (non-hydrogen) atoms. The third-order valence-electron chi connectivity index (χ3n) is 2.91. The number of carboxylic acids is 1. The van der Waals surface area contributed by atoms with Gasteiger partial charge in [0.1, 0.15) is 0 Å². The van der Waals surface area contributed by atoms with Gasteiger partial charge >= 0.3 is 5.97 Å². The summed E-state index contributed by atoms with van der Waals surface area (Å²) in [6.07, 6.45) is 4.26. The summed E-state index contributed by atoms with van der Waals surface area (Å²) in [5.74, 6) is -0.797. The Morgan fingerprint density at radius 2 is 2.08 bits per heavy atom. The van der Waals surface area contributed by atoms with Crippen molar-refractivity contribution in [3.63, 3.8) is 0 Å². The van der Waals surface area contributed by atoms with Crippen LogP contribution in [0.5, 0.6) is 0 Å². The summed E-state index contributed by atoms with van der Waals surface area (Å²) in [6.45, 7) is 1.76. The van der Waals surface area contributed by atoms with E-state index in [9.17, 15) is 4.79 Å². The molecule has 0 bridgehead atoms. The molecule has 1 unspecified atom stereocenters. The minimum atomic E-state index is -0.711. The summed E-state index contributed by atoms with van der Waals surface area (Å²) in [6, 6.07) is 0.102. The predicted molar refractivity (Wildman–Crippen MR) is 46.7 cm³/mol. The van der Waals surface area contributed by atoms with E-state index >= 15 is 0 Å². The first kappa shape index (κ1) is 9.52.